The number of benzene rings is 11. The molecule has 0 saturated heterocycles. The molecule has 0 fully saturated rings. The highest BCUT2D eigenvalue weighted by molar-refractivity contribution is 6.11. The summed E-state index contributed by atoms with van der Waals surface area (Å²) in [6.07, 6.45) is 0. The van der Waals surface area contributed by atoms with Gasteiger partial charge < -0.3 is 9.13 Å². The van der Waals surface area contributed by atoms with E-state index in [2.05, 4.69) is 245 Å². The van der Waals surface area contributed by atoms with E-state index < -0.39 is 0 Å². The van der Waals surface area contributed by atoms with Gasteiger partial charge >= 0.3 is 0 Å². The Hall–Kier alpha value is -11.0. The fourth-order valence-electron chi connectivity index (χ4n) is 12.3. The van der Waals surface area contributed by atoms with E-state index in [1.807, 2.05) is 72.8 Å². The molecule has 422 valence electrons. The molecular weight excluding hydrogens is 1070 g/mol. The van der Waals surface area contributed by atoms with E-state index in [4.69, 9.17) is 29.9 Å². The summed E-state index contributed by atoms with van der Waals surface area (Å²) in [6, 6.07) is 94.6. The van der Waals surface area contributed by atoms with Crippen LogP contribution in [-0.2, 0) is 10.8 Å². The Morgan fingerprint density at radius 3 is 0.864 bits per heavy atom. The zero-order valence-corrected chi connectivity index (χ0v) is 50.0. The van der Waals surface area contributed by atoms with Gasteiger partial charge in [0.15, 0.2) is 34.9 Å². The maximum absolute atomic E-state index is 5.26. The number of rotatable bonds is 10. The molecule has 0 aliphatic heterocycles. The lowest BCUT2D eigenvalue weighted by Gasteiger charge is -2.20. The van der Waals surface area contributed by atoms with Crippen molar-refractivity contribution in [3.05, 3.63) is 278 Å². The second-order valence-corrected chi connectivity index (χ2v) is 24.8. The third kappa shape index (κ3) is 9.78. The van der Waals surface area contributed by atoms with Crippen molar-refractivity contribution in [2.45, 2.75) is 52.4 Å². The maximum Gasteiger partial charge on any atom is 0.164 e. The van der Waals surface area contributed by atoms with Crippen LogP contribution in [0, 0.1) is 0 Å². The van der Waals surface area contributed by atoms with Gasteiger partial charge in [-0.1, -0.05) is 254 Å². The zero-order chi connectivity index (χ0) is 59.7. The van der Waals surface area contributed by atoms with E-state index >= 15 is 0 Å². The summed E-state index contributed by atoms with van der Waals surface area (Å²) in [7, 11) is 0. The minimum absolute atomic E-state index is 0.0539. The molecule has 0 N–H and O–H groups in total. The van der Waals surface area contributed by atoms with Gasteiger partial charge in [0.25, 0.3) is 0 Å². The van der Waals surface area contributed by atoms with Crippen molar-refractivity contribution in [2.24, 2.45) is 0 Å². The lowest BCUT2D eigenvalue weighted by atomic mass is 9.86. The number of fused-ring (bicyclic) bond motifs is 6. The maximum atomic E-state index is 5.26. The summed E-state index contributed by atoms with van der Waals surface area (Å²) in [5.41, 5.74) is 18.5. The van der Waals surface area contributed by atoms with Crippen LogP contribution in [0.1, 0.15) is 52.7 Å². The number of nitrogens with zero attached hydrogens (tertiary/aromatic N) is 8. The quantitative estimate of drug-likeness (QED) is 0.136. The molecule has 0 unspecified atom stereocenters. The molecule has 88 heavy (non-hydrogen) atoms. The first kappa shape index (κ1) is 53.7. The van der Waals surface area contributed by atoms with Crippen molar-refractivity contribution < 1.29 is 0 Å². The SMILES string of the molecule is CC(C)(C)c1ccc2c(c1)c1ccccc1n2-c1cc(-c2nc(-c3ccccc3)nc(-c3ccccc3)n2)ccc1-c1cccc(-c2ccc(-c3nc(-c4ccccc4)nc(-c4ccccc4)n3)cc2-n2c3ccccc3c3cc(C(C)(C)C)ccc32)c1. The van der Waals surface area contributed by atoms with Crippen molar-refractivity contribution in [3.8, 4) is 102 Å². The summed E-state index contributed by atoms with van der Waals surface area (Å²) in [6.45, 7) is 13.7. The Labute approximate surface area is 512 Å². The molecule has 4 heterocycles. The van der Waals surface area contributed by atoms with Gasteiger partial charge in [0.1, 0.15) is 0 Å². The molecule has 8 heteroatoms. The summed E-state index contributed by atoms with van der Waals surface area (Å²) in [5, 5.41) is 4.76. The molecule has 0 atom stereocenters. The van der Waals surface area contributed by atoms with Crippen LogP contribution >= 0.6 is 0 Å². The lowest BCUT2D eigenvalue weighted by Crippen LogP contribution is -2.10. The minimum atomic E-state index is -0.0539. The fourth-order valence-corrected chi connectivity index (χ4v) is 12.3. The van der Waals surface area contributed by atoms with Gasteiger partial charge in [0, 0.05) is 66.1 Å². The first-order valence-corrected chi connectivity index (χ1v) is 30.1. The normalized spacial score (nSPS) is 12.0. The second kappa shape index (κ2) is 21.5. The Kier molecular flexibility index (Phi) is 13.1. The highest BCUT2D eigenvalue weighted by atomic mass is 15.1. The topological polar surface area (TPSA) is 87.2 Å². The van der Waals surface area contributed by atoms with E-state index in [1.54, 1.807) is 0 Å². The van der Waals surface area contributed by atoms with E-state index in [0.29, 0.717) is 34.9 Å². The predicted molar refractivity (Wildman–Crippen MR) is 363 cm³/mol. The molecule has 15 rings (SSSR count). The van der Waals surface area contributed by atoms with E-state index in [0.717, 1.165) is 89.1 Å². The summed E-state index contributed by atoms with van der Waals surface area (Å²) in [4.78, 5) is 31.2. The van der Waals surface area contributed by atoms with Gasteiger partial charge in [-0.05, 0) is 87.7 Å². The van der Waals surface area contributed by atoms with Crippen molar-refractivity contribution in [3.63, 3.8) is 0 Å². The molecule has 4 aromatic heterocycles. The number of hydrogen-bond donors (Lipinski definition) is 0. The number of para-hydroxylation sites is 2. The summed E-state index contributed by atoms with van der Waals surface area (Å²) in [5.74, 6) is 3.60. The summed E-state index contributed by atoms with van der Waals surface area (Å²) < 4.78 is 4.87. The molecule has 15 aromatic rings. The van der Waals surface area contributed by atoms with Crippen LogP contribution in [0.25, 0.3) is 146 Å². The van der Waals surface area contributed by atoms with E-state index in [1.165, 1.54) is 32.7 Å². The molecule has 8 nitrogen and oxygen atoms in total. The Bertz CT molecular complexity index is 4710. The Morgan fingerprint density at radius 2 is 0.523 bits per heavy atom. The first-order chi connectivity index (χ1) is 42.9. The number of aromatic nitrogens is 8. The smallest absolute Gasteiger partial charge is 0.164 e. The third-order valence-electron chi connectivity index (χ3n) is 17.0. The van der Waals surface area contributed by atoms with E-state index in [9.17, 15) is 0 Å². The molecule has 0 spiro atoms. The molecule has 0 amide bonds. The van der Waals surface area contributed by atoms with Crippen LogP contribution in [0.5, 0.6) is 0 Å². The molecule has 0 saturated carbocycles. The fraction of sp³-hybridized carbons (Fsp3) is 0.100. The van der Waals surface area contributed by atoms with Crippen LogP contribution in [-0.4, -0.2) is 39.0 Å². The Balaban J connectivity index is 0.972. The van der Waals surface area contributed by atoms with Gasteiger partial charge in [-0.3, -0.25) is 0 Å². The van der Waals surface area contributed by atoms with Gasteiger partial charge in [-0.2, -0.15) is 0 Å². The van der Waals surface area contributed by atoms with Crippen molar-refractivity contribution in [1.29, 1.82) is 0 Å². The number of hydrogen-bond acceptors (Lipinski definition) is 6. The molecule has 0 radical (unpaired) electrons. The van der Waals surface area contributed by atoms with Crippen LogP contribution in [0.15, 0.2) is 267 Å². The average Bonchev–Trinajstić information content (AvgIpc) is 2.04. The summed E-state index contributed by atoms with van der Waals surface area (Å²) >= 11 is 0. The van der Waals surface area contributed by atoms with Gasteiger partial charge in [-0.15, -0.1) is 0 Å². The van der Waals surface area contributed by atoms with Crippen LogP contribution < -0.4 is 0 Å². The van der Waals surface area contributed by atoms with Crippen LogP contribution in [0.2, 0.25) is 0 Å². The molecule has 11 aromatic carbocycles. The Morgan fingerprint density at radius 1 is 0.227 bits per heavy atom. The van der Waals surface area contributed by atoms with Gasteiger partial charge in [0.2, 0.25) is 0 Å². The molecule has 0 bridgehead atoms. The molecule has 0 aliphatic rings. The van der Waals surface area contributed by atoms with E-state index in [-0.39, 0.29) is 10.8 Å². The largest absolute Gasteiger partial charge is 0.309 e. The van der Waals surface area contributed by atoms with Crippen molar-refractivity contribution in [2.75, 3.05) is 0 Å². The lowest BCUT2D eigenvalue weighted by molar-refractivity contribution is 0.591. The average molecular weight is 1140 g/mol. The molecule has 0 aliphatic carbocycles. The van der Waals surface area contributed by atoms with Gasteiger partial charge in [0.05, 0.1) is 33.4 Å². The highest BCUT2D eigenvalue weighted by Gasteiger charge is 2.25. The van der Waals surface area contributed by atoms with Crippen LogP contribution in [0.4, 0.5) is 0 Å². The standard InChI is InChI=1S/C80H62N8/c1-79(2,3)59-40-44-69-65(49-59)63-34-19-21-36-67(63)87(69)71-47-57(77-83-73(51-24-11-7-12-25-51)81-74(84-77)52-26-13-8-14-27-52)38-42-61(71)55-32-23-33-56(46-55)62-43-39-58(78-85-75(53-28-15-9-16-29-53)82-76(86-78)54-30-17-10-18-31-54)48-72(62)88-68-37-22-20-35-64(68)66-50-60(80(4,5)6)41-45-70(66)88/h7-50H,1-6H3. The van der Waals surface area contributed by atoms with Crippen molar-refractivity contribution >= 4 is 43.6 Å². The highest BCUT2D eigenvalue weighted by Crippen LogP contribution is 2.44. The van der Waals surface area contributed by atoms with Crippen molar-refractivity contribution in [1.82, 2.24) is 39.0 Å². The van der Waals surface area contributed by atoms with Gasteiger partial charge in [-0.25, -0.2) is 29.9 Å². The predicted octanol–water partition coefficient (Wildman–Crippen LogP) is 20.2. The first-order valence-electron chi connectivity index (χ1n) is 30.1. The monoisotopic (exact) mass is 1130 g/mol. The third-order valence-corrected chi connectivity index (χ3v) is 17.0. The van der Waals surface area contributed by atoms with Crippen LogP contribution in [0.3, 0.4) is 0 Å². The second-order valence-electron chi connectivity index (χ2n) is 24.8. The minimum Gasteiger partial charge on any atom is -0.309 e. The molecular formula is C80H62N8. The zero-order valence-electron chi connectivity index (χ0n) is 50.0.